The van der Waals surface area contributed by atoms with Crippen LogP contribution in [0, 0.1) is 11.8 Å². The molecule has 0 spiro atoms. The zero-order valence-electron chi connectivity index (χ0n) is 17.7. The number of anilines is 1. The number of nitroso groups, excluding NO2 is 1. The average molecular weight is 418 g/mol. The van der Waals surface area contributed by atoms with E-state index >= 15 is 0 Å². The summed E-state index contributed by atoms with van der Waals surface area (Å²) in [4.78, 5) is 40.4. The Morgan fingerprint density at radius 1 is 1.23 bits per heavy atom. The Labute approximate surface area is 177 Å². The first-order chi connectivity index (χ1) is 14.5. The second-order valence-electron chi connectivity index (χ2n) is 7.90. The Morgan fingerprint density at radius 3 is 2.63 bits per heavy atom. The van der Waals surface area contributed by atoms with Gasteiger partial charge in [0.2, 0.25) is 18.1 Å². The Morgan fingerprint density at radius 2 is 1.97 bits per heavy atom. The zero-order valence-corrected chi connectivity index (χ0v) is 17.7. The van der Waals surface area contributed by atoms with E-state index in [0.717, 1.165) is 50.1 Å². The van der Waals surface area contributed by atoms with E-state index in [4.69, 9.17) is 4.74 Å². The molecule has 0 bridgehead atoms. The van der Waals surface area contributed by atoms with E-state index in [1.807, 2.05) is 24.0 Å². The molecule has 9 heteroatoms. The van der Waals surface area contributed by atoms with Gasteiger partial charge in [0.25, 0.3) is 0 Å². The Balaban J connectivity index is 1.62. The molecule has 30 heavy (non-hydrogen) atoms. The molecule has 2 heterocycles. The number of nitrogens with zero attached hydrogens (tertiary/aromatic N) is 3. The van der Waals surface area contributed by atoms with Crippen molar-refractivity contribution in [2.45, 2.75) is 51.4 Å². The lowest BCUT2D eigenvalue weighted by atomic mass is 10.1. The van der Waals surface area contributed by atoms with E-state index in [-0.39, 0.29) is 18.4 Å². The summed E-state index contributed by atoms with van der Waals surface area (Å²) in [7, 11) is 1.60. The molecule has 2 saturated heterocycles. The largest absolute Gasteiger partial charge is 0.496 e. The van der Waals surface area contributed by atoms with Crippen LogP contribution in [0.3, 0.4) is 0 Å². The highest BCUT2D eigenvalue weighted by Gasteiger charge is 2.31. The lowest BCUT2D eigenvalue weighted by Gasteiger charge is -2.27. The second-order valence-corrected chi connectivity index (χ2v) is 7.90. The van der Waals surface area contributed by atoms with Gasteiger partial charge >= 0.3 is 0 Å². The molecule has 164 valence electrons. The van der Waals surface area contributed by atoms with Gasteiger partial charge in [-0.3, -0.25) is 14.9 Å². The van der Waals surface area contributed by atoms with Crippen molar-refractivity contribution < 1.29 is 14.3 Å². The molecular formula is C21H31N5O4. The number of hydrogen-bond acceptors (Lipinski definition) is 7. The zero-order chi connectivity index (χ0) is 21.5. The Kier molecular flexibility index (Phi) is 7.62. The maximum Gasteiger partial charge on any atom is 0.242 e. The fraction of sp³-hybridized carbons (Fsp3) is 0.619. The summed E-state index contributed by atoms with van der Waals surface area (Å²) in [5.74, 6) is 0.598. The monoisotopic (exact) mass is 417 g/mol. The van der Waals surface area contributed by atoms with E-state index in [0.29, 0.717) is 18.7 Å². The minimum Gasteiger partial charge on any atom is -0.496 e. The van der Waals surface area contributed by atoms with Crippen molar-refractivity contribution >= 4 is 17.5 Å². The van der Waals surface area contributed by atoms with Crippen LogP contribution in [0.5, 0.6) is 5.75 Å². The molecule has 2 amide bonds. The first-order valence-corrected chi connectivity index (χ1v) is 10.6. The van der Waals surface area contributed by atoms with Crippen molar-refractivity contribution in [2.24, 2.45) is 5.18 Å². The molecule has 0 aliphatic carbocycles. The molecule has 2 aliphatic rings. The third-order valence-corrected chi connectivity index (χ3v) is 5.73. The summed E-state index contributed by atoms with van der Waals surface area (Å²) in [6, 6.07) is 4.89. The topological polar surface area (TPSA) is 103 Å². The van der Waals surface area contributed by atoms with E-state index in [2.05, 4.69) is 15.8 Å². The van der Waals surface area contributed by atoms with Gasteiger partial charge in [-0.15, -0.1) is 4.91 Å². The smallest absolute Gasteiger partial charge is 0.242 e. The lowest BCUT2D eigenvalue weighted by Crippen LogP contribution is -2.52. The molecule has 2 aliphatic heterocycles. The number of rotatable bonds is 8. The van der Waals surface area contributed by atoms with Gasteiger partial charge in [-0.05, 0) is 68.0 Å². The molecular weight excluding hydrogens is 386 g/mol. The van der Waals surface area contributed by atoms with Crippen LogP contribution in [0.1, 0.15) is 37.7 Å². The Bertz CT molecular complexity index is 766. The van der Waals surface area contributed by atoms with E-state index in [9.17, 15) is 14.5 Å². The molecule has 0 radical (unpaired) electrons. The van der Waals surface area contributed by atoms with E-state index in [1.165, 1.54) is 0 Å². The van der Waals surface area contributed by atoms with Crippen LogP contribution in [0.2, 0.25) is 0 Å². The lowest BCUT2D eigenvalue weighted by molar-refractivity contribution is -0.140. The van der Waals surface area contributed by atoms with Crippen molar-refractivity contribution in [3.05, 3.63) is 28.7 Å². The van der Waals surface area contributed by atoms with E-state index < -0.39 is 12.3 Å². The van der Waals surface area contributed by atoms with Gasteiger partial charge in [0.1, 0.15) is 5.75 Å². The van der Waals surface area contributed by atoms with Crippen molar-refractivity contribution in [1.29, 1.82) is 0 Å². The van der Waals surface area contributed by atoms with Crippen LogP contribution in [-0.4, -0.2) is 67.2 Å². The van der Waals surface area contributed by atoms with Crippen LogP contribution in [0.15, 0.2) is 23.4 Å². The van der Waals surface area contributed by atoms with Gasteiger partial charge in [0.15, 0.2) is 0 Å². The maximum atomic E-state index is 13.0. The fourth-order valence-electron chi connectivity index (χ4n) is 4.06. The molecule has 2 fully saturated rings. The average Bonchev–Trinajstić information content (AvgIpc) is 3.23. The molecule has 1 unspecified atom stereocenters. The quantitative estimate of drug-likeness (QED) is 0.496. The summed E-state index contributed by atoms with van der Waals surface area (Å²) in [6.07, 6.45) is 3.36. The molecule has 1 aromatic carbocycles. The number of aryl methyl sites for hydroxylation is 1. The van der Waals surface area contributed by atoms with Gasteiger partial charge in [-0.2, -0.15) is 0 Å². The molecule has 0 aromatic heterocycles. The second kappa shape index (κ2) is 10.4. The maximum absolute atomic E-state index is 13.0. The predicted molar refractivity (Wildman–Crippen MR) is 114 cm³/mol. The van der Waals surface area contributed by atoms with Crippen LogP contribution in [0.25, 0.3) is 0 Å². The first-order valence-electron chi connectivity index (χ1n) is 10.6. The Hall–Kier alpha value is -2.68. The summed E-state index contributed by atoms with van der Waals surface area (Å²) in [6.45, 7) is 4.10. The standard InChI is InChI=1S/C21H31N5O4/c1-15-13-16(8-9-18(15)30-2)22-21(24-29)23-17-7-3-4-12-26(20(17)28)14-19(27)25-10-5-6-11-25/h8-9,13,17,21-23H,3-7,10-12,14H2,1-2H3/t17-,21?/m0/s1. The van der Waals surface area contributed by atoms with Crippen molar-refractivity contribution in [3.8, 4) is 5.75 Å². The third-order valence-electron chi connectivity index (χ3n) is 5.73. The number of nitrogens with one attached hydrogen (secondary N) is 2. The SMILES string of the molecule is COc1ccc(NC(N=O)N[C@H]2CCCCN(CC(=O)N3CCCC3)C2=O)cc1C. The summed E-state index contributed by atoms with van der Waals surface area (Å²) >= 11 is 0. The van der Waals surface area contributed by atoms with Gasteiger partial charge in [0, 0.05) is 25.3 Å². The van der Waals surface area contributed by atoms with E-state index in [1.54, 1.807) is 18.1 Å². The van der Waals surface area contributed by atoms with Crippen molar-refractivity contribution in [2.75, 3.05) is 38.6 Å². The predicted octanol–water partition coefficient (Wildman–Crippen LogP) is 2.06. The minimum absolute atomic E-state index is 0.00149. The number of methoxy groups -OCH3 is 1. The number of amides is 2. The van der Waals surface area contributed by atoms with Crippen molar-refractivity contribution in [3.63, 3.8) is 0 Å². The van der Waals surface area contributed by atoms with Crippen LogP contribution >= 0.6 is 0 Å². The highest BCUT2D eigenvalue weighted by atomic mass is 16.5. The number of carbonyl (C=O) groups is 2. The highest BCUT2D eigenvalue weighted by Crippen LogP contribution is 2.22. The van der Waals surface area contributed by atoms with Gasteiger partial charge in [0.05, 0.1) is 19.7 Å². The molecule has 9 nitrogen and oxygen atoms in total. The summed E-state index contributed by atoms with van der Waals surface area (Å²) < 4.78 is 5.25. The number of benzene rings is 1. The first kappa shape index (κ1) is 22.0. The molecule has 2 atom stereocenters. The summed E-state index contributed by atoms with van der Waals surface area (Å²) in [5.41, 5.74) is 1.62. The third kappa shape index (κ3) is 5.47. The van der Waals surface area contributed by atoms with Gasteiger partial charge < -0.3 is 19.9 Å². The normalized spacial score (nSPS) is 20.6. The van der Waals surface area contributed by atoms with Crippen molar-refractivity contribution in [1.82, 2.24) is 15.1 Å². The van der Waals surface area contributed by atoms with Gasteiger partial charge in [-0.1, -0.05) is 0 Å². The number of ether oxygens (including phenoxy) is 1. The molecule has 0 saturated carbocycles. The minimum atomic E-state index is -0.957. The van der Waals surface area contributed by atoms with Crippen LogP contribution in [-0.2, 0) is 9.59 Å². The molecule has 2 N–H and O–H groups in total. The van der Waals surface area contributed by atoms with Crippen LogP contribution < -0.4 is 15.4 Å². The molecule has 1 aromatic rings. The highest BCUT2D eigenvalue weighted by molar-refractivity contribution is 5.88. The van der Waals surface area contributed by atoms with Crippen LogP contribution in [0.4, 0.5) is 5.69 Å². The number of likely N-dealkylation sites (tertiary alicyclic amines) is 2. The summed E-state index contributed by atoms with van der Waals surface area (Å²) in [5, 5.41) is 9.16. The number of hydrogen-bond donors (Lipinski definition) is 2. The van der Waals surface area contributed by atoms with Gasteiger partial charge in [-0.25, -0.2) is 0 Å². The molecule has 3 rings (SSSR count). The number of carbonyl (C=O) groups excluding carboxylic acids is 2. The fourth-order valence-corrected chi connectivity index (χ4v) is 4.06.